The number of benzene rings is 3. The molecule has 0 aliphatic rings. The van der Waals surface area contributed by atoms with E-state index in [1.807, 2.05) is 30.3 Å². The van der Waals surface area contributed by atoms with E-state index in [0.717, 1.165) is 15.1 Å². The van der Waals surface area contributed by atoms with Gasteiger partial charge in [-0.15, -0.1) is 83.8 Å². The standard InChI is InChI=1S/2C9H7.C7H7.C2H6Si.ClH.Zr/c2*1-2-5-9-7-3-6-8(9)4-1;1-7-5-3-2-4-6-7;1-3-2;;/h2*1-7H;2-6H,1H2;1-2H3;1H;/q3*-1;;;+3. The van der Waals surface area contributed by atoms with E-state index in [0.29, 0.717) is 0 Å². The van der Waals surface area contributed by atoms with Crippen molar-refractivity contribution in [1.82, 2.24) is 0 Å². The minimum absolute atomic E-state index is 0. The maximum atomic E-state index is 3.72. The van der Waals surface area contributed by atoms with Gasteiger partial charge in [0.25, 0.3) is 0 Å². The largest absolute Gasteiger partial charge is 3.00 e. The number of rotatable bonds is 0. The molecule has 0 unspecified atom stereocenters. The van der Waals surface area contributed by atoms with Crippen LogP contribution < -0.4 is 0 Å². The first kappa shape index (κ1) is 28.1. The molecule has 5 aromatic rings. The minimum atomic E-state index is 0. The molecule has 5 rings (SSSR count). The third-order valence-electron chi connectivity index (χ3n) is 3.94. The number of halogens is 1. The summed E-state index contributed by atoms with van der Waals surface area (Å²) in [5, 5.41) is 5.32. The molecule has 0 saturated heterocycles. The van der Waals surface area contributed by atoms with Crippen molar-refractivity contribution in [3.63, 3.8) is 0 Å². The molecule has 5 aromatic carbocycles. The SMILES string of the molecule is C[Si]C.Cl.[CH2-]c1ccccc1.[Zr+3].c1ccc2[cH-]ccc2c1.c1ccc2[cH-]ccc2c1. The van der Waals surface area contributed by atoms with Crippen LogP contribution in [-0.2, 0) is 26.2 Å². The van der Waals surface area contributed by atoms with Crippen LogP contribution in [0.3, 0.4) is 0 Å². The summed E-state index contributed by atoms with van der Waals surface area (Å²) in [4.78, 5) is 0. The quantitative estimate of drug-likeness (QED) is 0.147. The number of hydrogen-bond donors (Lipinski definition) is 0. The molecule has 0 heterocycles. The smallest absolute Gasteiger partial charge is 0.199 e. The first-order chi connectivity index (χ1) is 13.7. The summed E-state index contributed by atoms with van der Waals surface area (Å²) in [5.41, 5.74) is 1.07. The maximum absolute atomic E-state index is 3.72. The molecular formula is C27H28ClSiZr. The Morgan fingerprint density at radius 3 is 1.30 bits per heavy atom. The van der Waals surface area contributed by atoms with E-state index in [4.69, 9.17) is 0 Å². The summed E-state index contributed by atoms with van der Waals surface area (Å²) >= 11 is 0. The van der Waals surface area contributed by atoms with Gasteiger partial charge in [0.15, 0.2) is 0 Å². The summed E-state index contributed by atoms with van der Waals surface area (Å²) in [6.07, 6.45) is 0. The van der Waals surface area contributed by atoms with E-state index >= 15 is 0 Å². The van der Waals surface area contributed by atoms with Gasteiger partial charge in [-0.1, -0.05) is 31.3 Å². The fourth-order valence-corrected chi connectivity index (χ4v) is 2.62. The van der Waals surface area contributed by atoms with Crippen LogP contribution in [-0.4, -0.2) is 9.52 Å². The van der Waals surface area contributed by atoms with Gasteiger partial charge in [0.2, 0.25) is 0 Å². The summed E-state index contributed by atoms with van der Waals surface area (Å²) in [6.45, 7) is 8.03. The zero-order valence-electron chi connectivity index (χ0n) is 17.6. The number of hydrogen-bond acceptors (Lipinski definition) is 0. The van der Waals surface area contributed by atoms with E-state index in [-0.39, 0.29) is 38.6 Å². The average molecular weight is 507 g/mol. The van der Waals surface area contributed by atoms with Crippen molar-refractivity contribution in [2.24, 2.45) is 0 Å². The van der Waals surface area contributed by atoms with E-state index in [9.17, 15) is 0 Å². The molecule has 0 amide bonds. The fraction of sp³-hybridized carbons (Fsp3) is 0.0741. The molecule has 3 heteroatoms. The molecule has 0 nitrogen and oxygen atoms in total. The molecule has 0 spiro atoms. The van der Waals surface area contributed by atoms with E-state index in [1.54, 1.807) is 0 Å². The van der Waals surface area contributed by atoms with Crippen molar-refractivity contribution in [1.29, 1.82) is 0 Å². The van der Waals surface area contributed by atoms with Gasteiger partial charge in [0.05, 0.1) is 0 Å². The molecule has 0 saturated carbocycles. The van der Waals surface area contributed by atoms with Crippen LogP contribution in [0.15, 0.2) is 115 Å². The van der Waals surface area contributed by atoms with Gasteiger partial charge in [-0.2, -0.15) is 59.7 Å². The summed E-state index contributed by atoms with van der Waals surface area (Å²) in [7, 11) is 1.08. The van der Waals surface area contributed by atoms with Crippen molar-refractivity contribution in [2.75, 3.05) is 0 Å². The third kappa shape index (κ3) is 10.3. The number of fused-ring (bicyclic) bond motifs is 2. The maximum Gasteiger partial charge on any atom is 3.00 e. The molecule has 0 aliphatic carbocycles. The van der Waals surface area contributed by atoms with Crippen LogP contribution >= 0.6 is 12.4 Å². The van der Waals surface area contributed by atoms with Crippen LogP contribution in [0, 0.1) is 6.92 Å². The van der Waals surface area contributed by atoms with Gasteiger partial charge in [-0.25, -0.2) is 0 Å². The first-order valence-electron chi connectivity index (χ1n) is 9.41. The van der Waals surface area contributed by atoms with Crippen LogP contribution in [0.2, 0.25) is 13.1 Å². The van der Waals surface area contributed by atoms with Crippen LogP contribution in [0.4, 0.5) is 0 Å². The first-order valence-corrected chi connectivity index (χ1v) is 11.4. The van der Waals surface area contributed by atoms with Gasteiger partial charge in [-0.3, -0.25) is 0 Å². The zero-order chi connectivity index (χ0) is 20.0. The van der Waals surface area contributed by atoms with E-state index in [2.05, 4.69) is 105 Å². The summed E-state index contributed by atoms with van der Waals surface area (Å²) in [5.74, 6) is 0. The van der Waals surface area contributed by atoms with Gasteiger partial charge in [-0.05, 0) is 0 Å². The Kier molecular flexibility index (Phi) is 15.8. The van der Waals surface area contributed by atoms with Crippen molar-refractivity contribution in [3.05, 3.63) is 128 Å². The Labute approximate surface area is 209 Å². The molecular weight excluding hydrogens is 479 g/mol. The molecule has 0 fully saturated rings. The van der Waals surface area contributed by atoms with Crippen molar-refractivity contribution in [2.45, 2.75) is 13.1 Å². The molecule has 0 atom stereocenters. The van der Waals surface area contributed by atoms with Crippen LogP contribution in [0.1, 0.15) is 5.56 Å². The van der Waals surface area contributed by atoms with Crippen LogP contribution in [0.25, 0.3) is 21.5 Å². The monoisotopic (exact) mass is 505 g/mol. The molecule has 0 aromatic heterocycles. The Balaban J connectivity index is 0.000000386. The molecule has 0 bridgehead atoms. The molecule has 3 radical (unpaired) electrons. The normalized spacial score (nSPS) is 8.73. The minimum Gasteiger partial charge on any atom is -0.199 e. The van der Waals surface area contributed by atoms with Gasteiger partial charge < -0.3 is 0 Å². The second-order valence-electron chi connectivity index (χ2n) is 6.29. The predicted octanol–water partition coefficient (Wildman–Crippen LogP) is 8.19. The van der Waals surface area contributed by atoms with E-state index < -0.39 is 0 Å². The van der Waals surface area contributed by atoms with Gasteiger partial charge in [0, 0.05) is 9.52 Å². The van der Waals surface area contributed by atoms with Gasteiger partial charge in [0.1, 0.15) is 0 Å². The fourth-order valence-electron chi connectivity index (χ4n) is 2.62. The Morgan fingerprint density at radius 2 is 0.967 bits per heavy atom. The van der Waals surface area contributed by atoms with Gasteiger partial charge >= 0.3 is 26.2 Å². The Bertz CT molecular complexity index is 908. The molecule has 30 heavy (non-hydrogen) atoms. The zero-order valence-corrected chi connectivity index (χ0v) is 21.9. The van der Waals surface area contributed by atoms with Crippen molar-refractivity contribution in [3.8, 4) is 0 Å². The topological polar surface area (TPSA) is 0 Å². The molecule has 0 aliphatic heterocycles. The van der Waals surface area contributed by atoms with Crippen molar-refractivity contribution < 1.29 is 26.2 Å². The van der Waals surface area contributed by atoms with Crippen molar-refractivity contribution >= 4 is 43.5 Å². The summed E-state index contributed by atoms with van der Waals surface area (Å²) < 4.78 is 0. The average Bonchev–Trinajstić information content (AvgIpc) is 3.39. The Hall–Kier alpha value is -1.86. The van der Waals surface area contributed by atoms with E-state index in [1.165, 1.54) is 21.5 Å². The molecule has 151 valence electrons. The second-order valence-corrected chi connectivity index (χ2v) is 7.29. The van der Waals surface area contributed by atoms with Crippen LogP contribution in [0.5, 0.6) is 0 Å². The summed E-state index contributed by atoms with van der Waals surface area (Å²) in [6, 6.07) is 39.2. The Morgan fingerprint density at radius 1 is 0.600 bits per heavy atom. The second kappa shape index (κ2) is 16.9. The predicted molar refractivity (Wildman–Crippen MR) is 135 cm³/mol. The third-order valence-corrected chi connectivity index (χ3v) is 3.94. The molecule has 0 N–H and O–H groups in total.